The summed E-state index contributed by atoms with van der Waals surface area (Å²) in [6.45, 7) is 0.384. The normalized spacial score (nSPS) is 10.7. The van der Waals surface area contributed by atoms with E-state index in [-0.39, 0.29) is 0 Å². The van der Waals surface area contributed by atoms with Crippen LogP contribution in [0.2, 0.25) is 0 Å². The van der Waals surface area contributed by atoms with E-state index in [9.17, 15) is 4.79 Å². The van der Waals surface area contributed by atoms with E-state index in [2.05, 4.69) is 10.1 Å². The van der Waals surface area contributed by atoms with Crippen molar-refractivity contribution in [3.05, 3.63) is 65.5 Å². The summed E-state index contributed by atoms with van der Waals surface area (Å²) in [7, 11) is 0. The molecule has 0 aliphatic carbocycles. The van der Waals surface area contributed by atoms with Crippen LogP contribution in [0.15, 0.2) is 58.3 Å². The quantitative estimate of drug-likeness (QED) is 0.689. The Labute approximate surface area is 102 Å². The smallest absolute Gasteiger partial charge is 0.390 e. The third-order valence-electron chi connectivity index (χ3n) is 2.47. The first-order valence-electron chi connectivity index (χ1n) is 5.43. The van der Waals surface area contributed by atoms with E-state index in [1.54, 1.807) is 35.4 Å². The molecule has 3 rings (SSSR count). The molecule has 0 spiro atoms. The first kappa shape index (κ1) is 10.5. The summed E-state index contributed by atoms with van der Waals surface area (Å²) in [5, 5.41) is 4.14. The minimum Gasteiger partial charge on any atom is -0.390 e. The maximum absolute atomic E-state index is 11.7. The average molecular weight is 242 g/mol. The molecule has 0 aliphatic heterocycles. The Hall–Kier alpha value is -2.63. The van der Waals surface area contributed by atoms with E-state index < -0.39 is 5.76 Å². The lowest BCUT2D eigenvalue weighted by Gasteiger charge is -1.96. The van der Waals surface area contributed by atoms with Crippen molar-refractivity contribution >= 4 is 0 Å². The van der Waals surface area contributed by atoms with Crippen LogP contribution >= 0.6 is 0 Å². The largest absolute Gasteiger partial charge is 0.442 e. The van der Waals surface area contributed by atoms with Gasteiger partial charge in [0.25, 0.3) is 0 Å². The molecule has 90 valence electrons. The van der Waals surface area contributed by atoms with E-state index in [4.69, 9.17) is 4.42 Å². The molecular formula is C12H10N4O2. The fourth-order valence-electron chi connectivity index (χ4n) is 1.65. The Bertz CT molecular complexity index is 682. The maximum Gasteiger partial charge on any atom is 0.442 e. The summed E-state index contributed by atoms with van der Waals surface area (Å²) in [5.41, 5.74) is 0.683. The van der Waals surface area contributed by atoms with Crippen LogP contribution in [0.5, 0.6) is 0 Å². The molecule has 0 fully saturated rings. The van der Waals surface area contributed by atoms with Crippen molar-refractivity contribution < 1.29 is 4.42 Å². The second kappa shape index (κ2) is 4.33. The van der Waals surface area contributed by atoms with Gasteiger partial charge in [0.1, 0.15) is 6.54 Å². The molecule has 0 N–H and O–H groups in total. The number of para-hydroxylation sites is 1. The first-order chi connectivity index (χ1) is 8.83. The predicted molar refractivity (Wildman–Crippen MR) is 63.4 cm³/mol. The van der Waals surface area contributed by atoms with Crippen molar-refractivity contribution in [1.29, 1.82) is 0 Å². The zero-order valence-corrected chi connectivity index (χ0v) is 9.43. The summed E-state index contributed by atoms with van der Waals surface area (Å²) >= 11 is 0. The second-order valence-corrected chi connectivity index (χ2v) is 3.74. The van der Waals surface area contributed by atoms with Crippen molar-refractivity contribution in [2.75, 3.05) is 0 Å². The van der Waals surface area contributed by atoms with Crippen LogP contribution in [0.1, 0.15) is 5.89 Å². The summed E-state index contributed by atoms with van der Waals surface area (Å²) in [6.07, 6.45) is 5.08. The number of benzene rings is 1. The lowest BCUT2D eigenvalue weighted by Crippen LogP contribution is -2.13. The standard InChI is InChI=1S/C12H10N4O2/c17-12-16(10-4-2-1-3-5-10)14-11(18-12)8-15-7-6-13-9-15/h1-7,9H,8H2. The highest BCUT2D eigenvalue weighted by Gasteiger charge is 2.09. The monoisotopic (exact) mass is 242 g/mol. The molecule has 0 bridgehead atoms. The van der Waals surface area contributed by atoms with E-state index in [0.717, 1.165) is 0 Å². The van der Waals surface area contributed by atoms with Crippen LogP contribution in [-0.4, -0.2) is 19.3 Å². The Morgan fingerprint density at radius 2 is 2.06 bits per heavy atom. The summed E-state index contributed by atoms with van der Waals surface area (Å²) in [6, 6.07) is 9.15. The molecule has 0 unspecified atom stereocenters. The zero-order chi connectivity index (χ0) is 12.4. The van der Waals surface area contributed by atoms with Gasteiger partial charge in [0.15, 0.2) is 0 Å². The van der Waals surface area contributed by atoms with Crippen LogP contribution in [-0.2, 0) is 6.54 Å². The zero-order valence-electron chi connectivity index (χ0n) is 9.43. The molecular weight excluding hydrogens is 232 g/mol. The number of nitrogens with zero attached hydrogens (tertiary/aromatic N) is 4. The number of rotatable bonds is 3. The molecule has 1 aromatic carbocycles. The number of hydrogen-bond donors (Lipinski definition) is 0. The maximum atomic E-state index is 11.7. The third kappa shape index (κ3) is 1.95. The van der Waals surface area contributed by atoms with Crippen LogP contribution in [0, 0.1) is 0 Å². The van der Waals surface area contributed by atoms with Crippen LogP contribution in [0.25, 0.3) is 5.69 Å². The molecule has 18 heavy (non-hydrogen) atoms. The number of hydrogen-bond acceptors (Lipinski definition) is 4. The predicted octanol–water partition coefficient (Wildman–Crippen LogP) is 1.07. The van der Waals surface area contributed by atoms with Gasteiger partial charge in [-0.15, -0.1) is 5.10 Å². The molecule has 0 atom stereocenters. The molecule has 6 heteroatoms. The van der Waals surface area contributed by atoms with Gasteiger partial charge in [0.2, 0.25) is 5.89 Å². The molecule has 2 aromatic heterocycles. The van der Waals surface area contributed by atoms with Gasteiger partial charge < -0.3 is 8.98 Å². The average Bonchev–Trinajstić information content (AvgIpc) is 3.01. The first-order valence-corrected chi connectivity index (χ1v) is 5.43. The molecule has 2 heterocycles. The van der Waals surface area contributed by atoms with Gasteiger partial charge in [-0.25, -0.2) is 9.78 Å². The Kier molecular flexibility index (Phi) is 2.53. The topological polar surface area (TPSA) is 65.8 Å². The molecule has 0 saturated heterocycles. The molecule has 3 aromatic rings. The van der Waals surface area contributed by atoms with E-state index in [1.165, 1.54) is 4.68 Å². The second-order valence-electron chi connectivity index (χ2n) is 3.74. The van der Waals surface area contributed by atoms with Crippen LogP contribution in [0.4, 0.5) is 0 Å². The molecule has 0 saturated carbocycles. The number of aromatic nitrogens is 4. The lowest BCUT2D eigenvalue weighted by molar-refractivity contribution is 0.446. The molecule has 0 radical (unpaired) electrons. The van der Waals surface area contributed by atoms with Crippen molar-refractivity contribution in [2.45, 2.75) is 6.54 Å². The number of imidazole rings is 1. The molecule has 0 amide bonds. The highest BCUT2D eigenvalue weighted by atomic mass is 16.4. The minimum absolute atomic E-state index is 0.349. The fourth-order valence-corrected chi connectivity index (χ4v) is 1.65. The summed E-state index contributed by atoms with van der Waals surface area (Å²) < 4.78 is 8.11. The Balaban J connectivity index is 1.94. The van der Waals surface area contributed by atoms with Gasteiger partial charge in [-0.1, -0.05) is 18.2 Å². The molecule has 6 nitrogen and oxygen atoms in total. The van der Waals surface area contributed by atoms with E-state index in [1.807, 2.05) is 18.2 Å². The van der Waals surface area contributed by atoms with Gasteiger partial charge in [-0.2, -0.15) is 4.68 Å². The summed E-state index contributed by atoms with van der Waals surface area (Å²) in [4.78, 5) is 15.6. The lowest BCUT2D eigenvalue weighted by atomic mass is 10.3. The van der Waals surface area contributed by atoms with E-state index in [0.29, 0.717) is 18.1 Å². The van der Waals surface area contributed by atoms with Crippen molar-refractivity contribution in [3.8, 4) is 5.69 Å². The van der Waals surface area contributed by atoms with Crippen molar-refractivity contribution in [1.82, 2.24) is 19.3 Å². The highest BCUT2D eigenvalue weighted by Crippen LogP contribution is 2.04. The summed E-state index contributed by atoms with van der Waals surface area (Å²) in [5.74, 6) is -0.141. The van der Waals surface area contributed by atoms with Gasteiger partial charge in [-0.3, -0.25) is 0 Å². The van der Waals surface area contributed by atoms with Gasteiger partial charge in [0.05, 0.1) is 12.0 Å². The van der Waals surface area contributed by atoms with Gasteiger partial charge in [-0.05, 0) is 12.1 Å². The Morgan fingerprint density at radius 3 is 2.78 bits per heavy atom. The van der Waals surface area contributed by atoms with E-state index >= 15 is 0 Å². The Morgan fingerprint density at radius 1 is 1.22 bits per heavy atom. The van der Waals surface area contributed by atoms with Crippen LogP contribution in [0.3, 0.4) is 0 Å². The fraction of sp³-hybridized carbons (Fsp3) is 0.0833. The van der Waals surface area contributed by atoms with Gasteiger partial charge >= 0.3 is 5.76 Å². The van der Waals surface area contributed by atoms with Crippen molar-refractivity contribution in [2.24, 2.45) is 0 Å². The minimum atomic E-state index is -0.490. The SMILES string of the molecule is O=c1oc(Cn2ccnc2)nn1-c1ccccc1. The van der Waals surface area contributed by atoms with Crippen molar-refractivity contribution in [3.63, 3.8) is 0 Å². The highest BCUT2D eigenvalue weighted by molar-refractivity contribution is 5.29. The third-order valence-corrected chi connectivity index (χ3v) is 2.47. The molecule has 0 aliphatic rings. The van der Waals surface area contributed by atoms with Crippen LogP contribution < -0.4 is 5.76 Å². The van der Waals surface area contributed by atoms with Gasteiger partial charge in [0, 0.05) is 12.4 Å².